The fraction of sp³-hybridized carbons (Fsp3) is 0.533. The van der Waals surface area contributed by atoms with Crippen molar-refractivity contribution in [2.24, 2.45) is 5.92 Å². The zero-order valence-corrected chi connectivity index (χ0v) is 13.6. The van der Waals surface area contributed by atoms with Gasteiger partial charge in [0, 0.05) is 27.2 Å². The Bertz CT molecular complexity index is 626. The largest absolute Gasteiger partial charge is 0.349 e. The minimum atomic E-state index is -3.51. The Morgan fingerprint density at radius 2 is 2.05 bits per heavy atom. The second-order valence-corrected chi connectivity index (χ2v) is 7.69. The Morgan fingerprint density at radius 1 is 1.33 bits per heavy atom. The zero-order valence-electron chi connectivity index (χ0n) is 12.7. The summed E-state index contributed by atoms with van der Waals surface area (Å²) in [5.74, 6) is -0.243. The molecule has 21 heavy (non-hydrogen) atoms. The van der Waals surface area contributed by atoms with Crippen LogP contribution in [-0.4, -0.2) is 50.7 Å². The number of carbonyl (C=O) groups is 1. The standard InChI is InChI=1S/C15H22N2O3S/c1-12-6-4-8-14(10-12)21(19,20)17-9-5-7-13(11-17)15(18)16(2)3/h4,6,8,10,13H,5,7,9,11H2,1-3H3. The average molecular weight is 310 g/mol. The van der Waals surface area contributed by atoms with Gasteiger partial charge in [0.1, 0.15) is 0 Å². The summed E-state index contributed by atoms with van der Waals surface area (Å²) in [6, 6.07) is 6.90. The van der Waals surface area contributed by atoms with Crippen LogP contribution in [0.3, 0.4) is 0 Å². The van der Waals surface area contributed by atoms with Gasteiger partial charge in [-0.05, 0) is 37.5 Å². The maximum Gasteiger partial charge on any atom is 0.243 e. The normalized spacial score (nSPS) is 20.2. The van der Waals surface area contributed by atoms with E-state index in [2.05, 4.69) is 0 Å². The second kappa shape index (κ2) is 6.15. The van der Waals surface area contributed by atoms with Gasteiger partial charge in [-0.3, -0.25) is 4.79 Å². The SMILES string of the molecule is Cc1cccc(S(=O)(=O)N2CCCC(C(=O)N(C)C)C2)c1. The van der Waals surface area contributed by atoms with E-state index in [1.165, 1.54) is 9.21 Å². The van der Waals surface area contributed by atoms with E-state index in [4.69, 9.17) is 0 Å². The molecule has 1 aromatic carbocycles. The van der Waals surface area contributed by atoms with Crippen molar-refractivity contribution < 1.29 is 13.2 Å². The van der Waals surface area contributed by atoms with Gasteiger partial charge >= 0.3 is 0 Å². The summed E-state index contributed by atoms with van der Waals surface area (Å²) in [6.07, 6.45) is 1.46. The van der Waals surface area contributed by atoms with E-state index in [1.807, 2.05) is 13.0 Å². The van der Waals surface area contributed by atoms with E-state index in [9.17, 15) is 13.2 Å². The van der Waals surface area contributed by atoms with E-state index in [0.29, 0.717) is 11.4 Å². The molecule has 1 atom stereocenters. The molecule has 6 heteroatoms. The molecule has 5 nitrogen and oxygen atoms in total. The first kappa shape index (κ1) is 16.0. The summed E-state index contributed by atoms with van der Waals surface area (Å²) in [4.78, 5) is 13.9. The zero-order chi connectivity index (χ0) is 15.6. The van der Waals surface area contributed by atoms with Crippen LogP contribution in [0.25, 0.3) is 0 Å². The molecule has 0 bridgehead atoms. The molecule has 1 aliphatic heterocycles. The molecule has 1 heterocycles. The highest BCUT2D eigenvalue weighted by atomic mass is 32.2. The van der Waals surface area contributed by atoms with Crippen LogP contribution in [0, 0.1) is 12.8 Å². The summed E-state index contributed by atoms with van der Waals surface area (Å²) >= 11 is 0. The van der Waals surface area contributed by atoms with Crippen LogP contribution >= 0.6 is 0 Å². The maximum atomic E-state index is 12.7. The molecule has 1 unspecified atom stereocenters. The van der Waals surface area contributed by atoms with Crippen LogP contribution in [0.2, 0.25) is 0 Å². The highest BCUT2D eigenvalue weighted by Crippen LogP contribution is 2.25. The van der Waals surface area contributed by atoms with E-state index < -0.39 is 10.0 Å². The number of sulfonamides is 1. The molecular formula is C15H22N2O3S. The quantitative estimate of drug-likeness (QED) is 0.850. The first-order valence-corrected chi connectivity index (χ1v) is 8.54. The molecule has 0 N–H and O–H groups in total. The van der Waals surface area contributed by atoms with Gasteiger partial charge in [0.05, 0.1) is 10.8 Å². The molecule has 0 spiro atoms. The molecule has 1 saturated heterocycles. The molecule has 2 rings (SSSR count). The number of hydrogen-bond donors (Lipinski definition) is 0. The van der Waals surface area contributed by atoms with Crippen molar-refractivity contribution in [3.63, 3.8) is 0 Å². The monoisotopic (exact) mass is 310 g/mol. The van der Waals surface area contributed by atoms with Crippen molar-refractivity contribution in [1.29, 1.82) is 0 Å². The lowest BCUT2D eigenvalue weighted by Crippen LogP contribution is -2.45. The van der Waals surface area contributed by atoms with Gasteiger partial charge in [-0.1, -0.05) is 12.1 Å². The second-order valence-electron chi connectivity index (χ2n) is 5.75. The highest BCUT2D eigenvalue weighted by molar-refractivity contribution is 7.89. The number of nitrogens with zero attached hydrogens (tertiary/aromatic N) is 2. The van der Waals surface area contributed by atoms with Crippen LogP contribution in [-0.2, 0) is 14.8 Å². The van der Waals surface area contributed by atoms with Crippen molar-refractivity contribution in [3.05, 3.63) is 29.8 Å². The Morgan fingerprint density at radius 3 is 2.67 bits per heavy atom. The van der Waals surface area contributed by atoms with Crippen LogP contribution in [0.1, 0.15) is 18.4 Å². The number of piperidine rings is 1. The van der Waals surface area contributed by atoms with Gasteiger partial charge < -0.3 is 4.90 Å². The summed E-state index contributed by atoms with van der Waals surface area (Å²) in [7, 11) is -0.105. The third kappa shape index (κ3) is 3.44. The molecule has 1 fully saturated rings. The van der Waals surface area contributed by atoms with Crippen LogP contribution < -0.4 is 0 Å². The first-order chi connectivity index (χ1) is 9.82. The Hall–Kier alpha value is -1.40. The maximum absolute atomic E-state index is 12.7. The van der Waals surface area contributed by atoms with Gasteiger partial charge in [-0.25, -0.2) is 8.42 Å². The molecule has 0 aliphatic carbocycles. The van der Waals surface area contributed by atoms with Gasteiger partial charge in [0.2, 0.25) is 15.9 Å². The Balaban J connectivity index is 2.22. The van der Waals surface area contributed by atoms with Crippen molar-refractivity contribution in [3.8, 4) is 0 Å². The first-order valence-electron chi connectivity index (χ1n) is 7.10. The fourth-order valence-electron chi connectivity index (χ4n) is 2.65. The van der Waals surface area contributed by atoms with Gasteiger partial charge in [-0.15, -0.1) is 0 Å². The molecule has 0 saturated carbocycles. The van der Waals surface area contributed by atoms with Crippen molar-refractivity contribution >= 4 is 15.9 Å². The van der Waals surface area contributed by atoms with Crippen molar-refractivity contribution in [2.45, 2.75) is 24.7 Å². The molecule has 0 radical (unpaired) electrons. The number of benzene rings is 1. The minimum Gasteiger partial charge on any atom is -0.349 e. The van der Waals surface area contributed by atoms with E-state index >= 15 is 0 Å². The molecule has 116 valence electrons. The molecule has 1 aliphatic rings. The Labute approximate surface area is 126 Å². The van der Waals surface area contributed by atoms with Gasteiger partial charge in [-0.2, -0.15) is 4.31 Å². The van der Waals surface area contributed by atoms with Gasteiger partial charge in [0.15, 0.2) is 0 Å². The smallest absolute Gasteiger partial charge is 0.243 e. The summed E-state index contributed by atoms with van der Waals surface area (Å²) in [5.41, 5.74) is 0.911. The van der Waals surface area contributed by atoms with Crippen LogP contribution in [0.5, 0.6) is 0 Å². The lowest BCUT2D eigenvalue weighted by molar-refractivity contribution is -0.134. The lowest BCUT2D eigenvalue weighted by Gasteiger charge is -2.32. The van der Waals surface area contributed by atoms with E-state index in [0.717, 1.165) is 18.4 Å². The van der Waals surface area contributed by atoms with Crippen LogP contribution in [0.15, 0.2) is 29.2 Å². The average Bonchev–Trinajstić information content (AvgIpc) is 2.46. The summed E-state index contributed by atoms with van der Waals surface area (Å²) < 4.78 is 26.8. The minimum absolute atomic E-state index is 0.000794. The number of rotatable bonds is 3. The number of aryl methyl sites for hydroxylation is 1. The van der Waals surface area contributed by atoms with Crippen LogP contribution in [0.4, 0.5) is 0 Å². The number of hydrogen-bond acceptors (Lipinski definition) is 3. The highest BCUT2D eigenvalue weighted by Gasteiger charge is 2.33. The number of amides is 1. The predicted molar refractivity (Wildman–Crippen MR) is 81.4 cm³/mol. The number of carbonyl (C=O) groups excluding carboxylic acids is 1. The molecule has 0 aromatic heterocycles. The lowest BCUT2D eigenvalue weighted by atomic mass is 9.98. The van der Waals surface area contributed by atoms with E-state index in [-0.39, 0.29) is 18.4 Å². The summed E-state index contributed by atoms with van der Waals surface area (Å²) in [5, 5.41) is 0. The molecule has 1 amide bonds. The fourth-order valence-corrected chi connectivity index (χ4v) is 4.28. The van der Waals surface area contributed by atoms with Crippen molar-refractivity contribution in [2.75, 3.05) is 27.2 Å². The molecular weight excluding hydrogens is 288 g/mol. The third-order valence-corrected chi connectivity index (χ3v) is 5.66. The van der Waals surface area contributed by atoms with E-state index in [1.54, 1.807) is 32.3 Å². The van der Waals surface area contributed by atoms with Gasteiger partial charge in [0.25, 0.3) is 0 Å². The third-order valence-electron chi connectivity index (χ3n) is 3.80. The predicted octanol–water partition coefficient (Wildman–Crippen LogP) is 1.48. The Kier molecular flexibility index (Phi) is 4.68. The summed E-state index contributed by atoms with van der Waals surface area (Å²) in [6.45, 7) is 2.62. The molecule has 1 aromatic rings. The topological polar surface area (TPSA) is 57.7 Å². The van der Waals surface area contributed by atoms with Crippen molar-refractivity contribution in [1.82, 2.24) is 9.21 Å².